The van der Waals surface area contributed by atoms with Crippen LogP contribution in [-0.2, 0) is 13.1 Å². The summed E-state index contributed by atoms with van der Waals surface area (Å²) in [7, 11) is 0. The van der Waals surface area contributed by atoms with Crippen LogP contribution < -0.4 is 5.32 Å². The Morgan fingerprint density at radius 1 is 1.25 bits per heavy atom. The second-order valence-electron chi connectivity index (χ2n) is 6.09. The number of rotatable bonds is 6. The van der Waals surface area contributed by atoms with Crippen molar-refractivity contribution >= 4 is 10.9 Å². The molecule has 2 aromatic rings. The van der Waals surface area contributed by atoms with Gasteiger partial charge in [0.25, 0.3) is 0 Å². The maximum Gasteiger partial charge on any atom is 0.0841 e. The first-order valence-electron chi connectivity index (χ1n) is 7.93. The van der Waals surface area contributed by atoms with Gasteiger partial charge in [-0.3, -0.25) is 4.68 Å². The standard InChI is InChI=1S/C17H25N3/c1-3-17(10-7-11-17)13-18-12-15-14-8-5-6-9-16(14)20(4-2)19-15/h5-6,8-9,18H,3-4,7,10-13H2,1-2H3. The van der Waals surface area contributed by atoms with Gasteiger partial charge in [0.1, 0.15) is 0 Å². The van der Waals surface area contributed by atoms with E-state index in [0.717, 1.165) is 19.6 Å². The van der Waals surface area contributed by atoms with Crippen LogP contribution in [0, 0.1) is 5.41 Å². The molecule has 108 valence electrons. The highest BCUT2D eigenvalue weighted by atomic mass is 15.3. The van der Waals surface area contributed by atoms with E-state index in [1.807, 2.05) is 0 Å². The Kier molecular flexibility index (Phi) is 3.79. The van der Waals surface area contributed by atoms with Gasteiger partial charge in [0.05, 0.1) is 11.2 Å². The van der Waals surface area contributed by atoms with Crippen molar-refractivity contribution in [2.75, 3.05) is 6.54 Å². The van der Waals surface area contributed by atoms with E-state index >= 15 is 0 Å². The van der Waals surface area contributed by atoms with Crippen molar-refractivity contribution in [2.45, 2.75) is 52.6 Å². The van der Waals surface area contributed by atoms with Crippen molar-refractivity contribution in [3.63, 3.8) is 0 Å². The summed E-state index contributed by atoms with van der Waals surface area (Å²) in [4.78, 5) is 0. The zero-order valence-electron chi connectivity index (χ0n) is 12.7. The first-order chi connectivity index (χ1) is 9.78. The van der Waals surface area contributed by atoms with Gasteiger partial charge in [0.2, 0.25) is 0 Å². The molecule has 1 aliphatic carbocycles. The molecule has 0 amide bonds. The molecule has 1 saturated carbocycles. The van der Waals surface area contributed by atoms with Crippen LogP contribution in [0.2, 0.25) is 0 Å². The van der Waals surface area contributed by atoms with Gasteiger partial charge in [-0.25, -0.2) is 0 Å². The number of fused-ring (bicyclic) bond motifs is 1. The zero-order valence-corrected chi connectivity index (χ0v) is 12.7. The van der Waals surface area contributed by atoms with E-state index in [1.54, 1.807) is 0 Å². The van der Waals surface area contributed by atoms with Crippen LogP contribution in [0.1, 0.15) is 45.2 Å². The third-order valence-electron chi connectivity index (χ3n) is 4.99. The zero-order chi connectivity index (χ0) is 14.0. The molecule has 0 atom stereocenters. The van der Waals surface area contributed by atoms with Crippen molar-refractivity contribution in [3.05, 3.63) is 30.0 Å². The number of nitrogens with zero attached hydrogens (tertiary/aromatic N) is 2. The molecule has 3 heteroatoms. The molecule has 0 bridgehead atoms. The Balaban J connectivity index is 1.71. The summed E-state index contributed by atoms with van der Waals surface area (Å²) in [6, 6.07) is 8.54. The maximum absolute atomic E-state index is 4.75. The average molecular weight is 271 g/mol. The Labute approximate surface area is 121 Å². The molecule has 0 saturated heterocycles. The molecule has 1 heterocycles. The lowest BCUT2D eigenvalue weighted by molar-refractivity contribution is 0.123. The van der Waals surface area contributed by atoms with Gasteiger partial charge < -0.3 is 5.32 Å². The Morgan fingerprint density at radius 2 is 2.05 bits per heavy atom. The quantitative estimate of drug-likeness (QED) is 0.867. The highest BCUT2D eigenvalue weighted by Crippen LogP contribution is 2.43. The van der Waals surface area contributed by atoms with Crippen LogP contribution in [-0.4, -0.2) is 16.3 Å². The Hall–Kier alpha value is -1.35. The van der Waals surface area contributed by atoms with Crippen molar-refractivity contribution in [2.24, 2.45) is 5.41 Å². The predicted octanol–water partition coefficient (Wildman–Crippen LogP) is 3.73. The molecule has 0 aliphatic heterocycles. The fraction of sp³-hybridized carbons (Fsp3) is 0.588. The number of hydrogen-bond acceptors (Lipinski definition) is 2. The van der Waals surface area contributed by atoms with Crippen molar-refractivity contribution < 1.29 is 0 Å². The van der Waals surface area contributed by atoms with Crippen LogP contribution >= 0.6 is 0 Å². The number of para-hydroxylation sites is 1. The van der Waals surface area contributed by atoms with Gasteiger partial charge in [-0.1, -0.05) is 31.5 Å². The van der Waals surface area contributed by atoms with E-state index in [-0.39, 0.29) is 0 Å². The molecular formula is C17H25N3. The van der Waals surface area contributed by atoms with Gasteiger partial charge in [-0.2, -0.15) is 5.10 Å². The summed E-state index contributed by atoms with van der Waals surface area (Å²) < 4.78 is 2.10. The topological polar surface area (TPSA) is 29.9 Å². The van der Waals surface area contributed by atoms with Crippen LogP contribution in [0.5, 0.6) is 0 Å². The minimum atomic E-state index is 0.573. The van der Waals surface area contributed by atoms with E-state index in [0.29, 0.717) is 5.41 Å². The minimum Gasteiger partial charge on any atom is -0.311 e. The SMILES string of the molecule is CCn1nc(CNCC2(CC)CCC2)c2ccccc21. The van der Waals surface area contributed by atoms with E-state index in [9.17, 15) is 0 Å². The highest BCUT2D eigenvalue weighted by molar-refractivity contribution is 5.81. The molecule has 1 aromatic heterocycles. The van der Waals surface area contributed by atoms with Crippen molar-refractivity contribution in [1.82, 2.24) is 15.1 Å². The molecule has 20 heavy (non-hydrogen) atoms. The molecule has 3 rings (SSSR count). The Bertz CT molecular complexity index is 575. The summed E-state index contributed by atoms with van der Waals surface area (Å²) in [5.41, 5.74) is 3.01. The fourth-order valence-corrected chi connectivity index (χ4v) is 3.35. The molecule has 1 fully saturated rings. The van der Waals surface area contributed by atoms with Gasteiger partial charge in [0.15, 0.2) is 0 Å². The monoisotopic (exact) mass is 271 g/mol. The summed E-state index contributed by atoms with van der Waals surface area (Å²) in [6.45, 7) is 7.42. The first-order valence-corrected chi connectivity index (χ1v) is 7.93. The number of benzene rings is 1. The lowest BCUT2D eigenvalue weighted by atomic mass is 9.67. The van der Waals surface area contributed by atoms with E-state index in [2.05, 4.69) is 48.1 Å². The van der Waals surface area contributed by atoms with Crippen molar-refractivity contribution in [3.8, 4) is 0 Å². The molecule has 0 spiro atoms. The fourth-order valence-electron chi connectivity index (χ4n) is 3.35. The molecular weight excluding hydrogens is 246 g/mol. The summed E-state index contributed by atoms with van der Waals surface area (Å²) in [6.07, 6.45) is 5.48. The van der Waals surface area contributed by atoms with Gasteiger partial charge >= 0.3 is 0 Å². The summed E-state index contributed by atoms with van der Waals surface area (Å²) in [5, 5.41) is 9.69. The molecule has 3 nitrogen and oxygen atoms in total. The van der Waals surface area contributed by atoms with Crippen LogP contribution in [0.4, 0.5) is 0 Å². The second kappa shape index (κ2) is 5.57. The number of hydrogen-bond donors (Lipinski definition) is 1. The highest BCUT2D eigenvalue weighted by Gasteiger charge is 2.34. The van der Waals surface area contributed by atoms with E-state index in [4.69, 9.17) is 5.10 Å². The number of nitrogens with one attached hydrogen (secondary N) is 1. The second-order valence-corrected chi connectivity index (χ2v) is 6.09. The van der Waals surface area contributed by atoms with E-state index in [1.165, 1.54) is 42.3 Å². The maximum atomic E-state index is 4.75. The van der Waals surface area contributed by atoms with Gasteiger partial charge in [-0.05, 0) is 37.7 Å². The number of aromatic nitrogens is 2. The first kappa shape index (κ1) is 13.6. The third-order valence-corrected chi connectivity index (χ3v) is 4.99. The van der Waals surface area contributed by atoms with Gasteiger partial charge in [-0.15, -0.1) is 0 Å². The Morgan fingerprint density at radius 3 is 2.70 bits per heavy atom. The molecule has 1 N–H and O–H groups in total. The van der Waals surface area contributed by atoms with Crippen LogP contribution in [0.3, 0.4) is 0 Å². The molecule has 0 unspecified atom stereocenters. The van der Waals surface area contributed by atoms with Crippen LogP contribution in [0.15, 0.2) is 24.3 Å². The smallest absolute Gasteiger partial charge is 0.0841 e. The van der Waals surface area contributed by atoms with Crippen molar-refractivity contribution in [1.29, 1.82) is 0 Å². The van der Waals surface area contributed by atoms with E-state index < -0.39 is 0 Å². The minimum absolute atomic E-state index is 0.573. The van der Waals surface area contributed by atoms with Gasteiger partial charge in [0, 0.05) is 25.0 Å². The predicted molar refractivity (Wildman–Crippen MR) is 83.7 cm³/mol. The molecule has 0 radical (unpaired) electrons. The third kappa shape index (κ3) is 2.35. The normalized spacial score (nSPS) is 17.3. The summed E-state index contributed by atoms with van der Waals surface area (Å²) >= 11 is 0. The molecule has 1 aromatic carbocycles. The summed E-state index contributed by atoms with van der Waals surface area (Å²) in [5.74, 6) is 0. The van der Waals surface area contributed by atoms with Crippen LogP contribution in [0.25, 0.3) is 10.9 Å². The largest absolute Gasteiger partial charge is 0.311 e. The number of aryl methyl sites for hydroxylation is 1. The average Bonchev–Trinajstić information content (AvgIpc) is 2.80. The lowest BCUT2D eigenvalue weighted by Crippen LogP contribution is -2.39. The lowest BCUT2D eigenvalue weighted by Gasteiger charge is -2.41. The molecule has 1 aliphatic rings.